The third-order valence-corrected chi connectivity index (χ3v) is 3.25. The predicted molar refractivity (Wildman–Crippen MR) is 51.6 cm³/mol. The maximum atomic E-state index is 12.9. The minimum absolute atomic E-state index is 0.534. The number of hydrogen-bond donors (Lipinski definition) is 1. The van der Waals surface area contributed by atoms with E-state index in [0.29, 0.717) is 6.04 Å². The maximum Gasteiger partial charge on any atom is 0.103 e. The monoisotopic (exact) mass is 186 g/mol. The van der Waals surface area contributed by atoms with Gasteiger partial charge in [0.15, 0.2) is 0 Å². The molecule has 2 aliphatic rings. The van der Waals surface area contributed by atoms with E-state index < -0.39 is 6.17 Å². The molecule has 2 fully saturated rings. The summed E-state index contributed by atoms with van der Waals surface area (Å²) in [4.78, 5) is 2.46. The Hall–Kier alpha value is -0.150. The van der Waals surface area contributed by atoms with E-state index in [1.54, 1.807) is 0 Å². The van der Waals surface area contributed by atoms with Crippen LogP contribution in [-0.4, -0.2) is 43.3 Å². The largest absolute Gasteiger partial charge is 0.315 e. The topological polar surface area (TPSA) is 15.3 Å². The number of nitrogens with zero attached hydrogens (tertiary/aromatic N) is 1. The van der Waals surface area contributed by atoms with E-state index >= 15 is 0 Å². The van der Waals surface area contributed by atoms with Gasteiger partial charge in [-0.2, -0.15) is 0 Å². The fraction of sp³-hybridized carbons (Fsp3) is 1.00. The van der Waals surface area contributed by atoms with Crippen molar-refractivity contribution in [3.05, 3.63) is 0 Å². The molecule has 1 unspecified atom stereocenters. The van der Waals surface area contributed by atoms with Crippen molar-refractivity contribution in [2.45, 2.75) is 37.9 Å². The first-order valence-corrected chi connectivity index (χ1v) is 5.45. The lowest BCUT2D eigenvalue weighted by atomic mass is 10.0. The van der Waals surface area contributed by atoms with Crippen molar-refractivity contribution < 1.29 is 4.39 Å². The number of halogens is 1. The van der Waals surface area contributed by atoms with Gasteiger partial charge in [0.25, 0.3) is 0 Å². The molecule has 13 heavy (non-hydrogen) atoms. The van der Waals surface area contributed by atoms with Crippen molar-refractivity contribution in [2.24, 2.45) is 0 Å². The molecule has 0 radical (unpaired) electrons. The highest BCUT2D eigenvalue weighted by molar-refractivity contribution is 4.82. The summed E-state index contributed by atoms with van der Waals surface area (Å²) in [6.07, 6.45) is 3.53. The van der Waals surface area contributed by atoms with Crippen LogP contribution < -0.4 is 5.32 Å². The summed E-state index contributed by atoms with van der Waals surface area (Å²) in [6, 6.07) is 0.682. The van der Waals surface area contributed by atoms with E-state index in [0.717, 1.165) is 39.0 Å². The molecular weight excluding hydrogens is 167 g/mol. The molecule has 0 aromatic carbocycles. The van der Waals surface area contributed by atoms with E-state index in [-0.39, 0.29) is 0 Å². The fourth-order valence-corrected chi connectivity index (χ4v) is 2.38. The molecule has 0 aromatic heterocycles. The van der Waals surface area contributed by atoms with Crippen molar-refractivity contribution in [1.29, 1.82) is 0 Å². The van der Waals surface area contributed by atoms with E-state index in [9.17, 15) is 4.39 Å². The minimum atomic E-state index is -0.534. The Morgan fingerprint density at radius 3 is 2.54 bits per heavy atom. The summed E-state index contributed by atoms with van der Waals surface area (Å²) in [6.45, 7) is 4.20. The Kier molecular flexibility index (Phi) is 3.17. The van der Waals surface area contributed by atoms with Crippen molar-refractivity contribution >= 4 is 0 Å². The lowest BCUT2D eigenvalue weighted by Crippen LogP contribution is -2.49. The fourth-order valence-electron chi connectivity index (χ4n) is 2.38. The number of alkyl halides is 1. The van der Waals surface area contributed by atoms with Crippen LogP contribution in [0.5, 0.6) is 0 Å². The predicted octanol–water partition coefficient (Wildman–Crippen LogP) is 1.17. The van der Waals surface area contributed by atoms with E-state index in [1.165, 1.54) is 12.8 Å². The average molecular weight is 186 g/mol. The number of likely N-dealkylation sites (tertiary alicyclic amines) is 1. The van der Waals surface area contributed by atoms with Crippen LogP contribution >= 0.6 is 0 Å². The molecule has 0 amide bonds. The van der Waals surface area contributed by atoms with Gasteiger partial charge in [-0.05, 0) is 32.2 Å². The van der Waals surface area contributed by atoms with Crippen LogP contribution in [0.3, 0.4) is 0 Å². The van der Waals surface area contributed by atoms with Crippen LogP contribution in [0.4, 0.5) is 4.39 Å². The average Bonchev–Trinajstić information content (AvgIpc) is 2.20. The Bertz CT molecular complexity index is 149. The highest BCUT2D eigenvalue weighted by atomic mass is 19.1. The normalized spacial score (nSPS) is 33.5. The van der Waals surface area contributed by atoms with Crippen LogP contribution in [0.25, 0.3) is 0 Å². The highest BCUT2D eigenvalue weighted by Gasteiger charge is 2.25. The van der Waals surface area contributed by atoms with Crippen LogP contribution in [-0.2, 0) is 0 Å². The second-order valence-electron chi connectivity index (χ2n) is 4.21. The molecule has 0 aliphatic carbocycles. The Morgan fingerprint density at radius 2 is 1.92 bits per heavy atom. The Balaban J connectivity index is 1.79. The number of rotatable bonds is 1. The molecule has 2 heterocycles. The zero-order chi connectivity index (χ0) is 9.10. The highest BCUT2D eigenvalue weighted by Crippen LogP contribution is 2.18. The summed E-state index contributed by atoms with van der Waals surface area (Å²) in [5.74, 6) is 0. The standard InChI is InChI=1S/C10H19FN2/c11-9-3-6-13(7-4-9)10-2-1-5-12-8-10/h9-10,12H,1-8H2. The smallest absolute Gasteiger partial charge is 0.103 e. The molecule has 0 saturated carbocycles. The van der Waals surface area contributed by atoms with Gasteiger partial charge in [0.05, 0.1) is 0 Å². The Labute approximate surface area is 79.5 Å². The van der Waals surface area contributed by atoms with Gasteiger partial charge < -0.3 is 5.32 Å². The van der Waals surface area contributed by atoms with Gasteiger partial charge in [0, 0.05) is 25.7 Å². The molecule has 1 N–H and O–H groups in total. The van der Waals surface area contributed by atoms with Gasteiger partial charge in [-0.15, -0.1) is 0 Å². The summed E-state index contributed by atoms with van der Waals surface area (Å²) < 4.78 is 12.9. The number of piperidine rings is 2. The van der Waals surface area contributed by atoms with Gasteiger partial charge in [0.2, 0.25) is 0 Å². The summed E-state index contributed by atoms with van der Waals surface area (Å²) in [5, 5.41) is 3.41. The maximum absolute atomic E-state index is 12.9. The first-order chi connectivity index (χ1) is 6.36. The lowest BCUT2D eigenvalue weighted by molar-refractivity contribution is 0.0973. The molecule has 76 valence electrons. The second-order valence-corrected chi connectivity index (χ2v) is 4.21. The van der Waals surface area contributed by atoms with Crippen molar-refractivity contribution in [3.63, 3.8) is 0 Å². The summed E-state index contributed by atoms with van der Waals surface area (Å²) in [7, 11) is 0. The number of hydrogen-bond acceptors (Lipinski definition) is 2. The van der Waals surface area contributed by atoms with Crippen molar-refractivity contribution in [3.8, 4) is 0 Å². The number of nitrogens with one attached hydrogen (secondary N) is 1. The quantitative estimate of drug-likeness (QED) is 0.661. The van der Waals surface area contributed by atoms with Crippen LogP contribution in [0.15, 0.2) is 0 Å². The molecule has 0 aromatic rings. The van der Waals surface area contributed by atoms with Crippen LogP contribution in [0.1, 0.15) is 25.7 Å². The van der Waals surface area contributed by atoms with Crippen molar-refractivity contribution in [1.82, 2.24) is 10.2 Å². The molecule has 3 heteroatoms. The first kappa shape index (κ1) is 9.41. The molecule has 2 aliphatic heterocycles. The minimum Gasteiger partial charge on any atom is -0.315 e. The van der Waals surface area contributed by atoms with E-state index in [2.05, 4.69) is 10.2 Å². The van der Waals surface area contributed by atoms with Gasteiger partial charge in [-0.25, -0.2) is 4.39 Å². The Morgan fingerprint density at radius 1 is 1.15 bits per heavy atom. The van der Waals surface area contributed by atoms with Gasteiger partial charge in [0.1, 0.15) is 6.17 Å². The zero-order valence-electron chi connectivity index (χ0n) is 8.14. The van der Waals surface area contributed by atoms with Crippen LogP contribution in [0.2, 0.25) is 0 Å². The third kappa shape index (κ3) is 2.41. The summed E-state index contributed by atoms with van der Waals surface area (Å²) in [5.41, 5.74) is 0. The zero-order valence-corrected chi connectivity index (χ0v) is 8.14. The van der Waals surface area contributed by atoms with Crippen molar-refractivity contribution in [2.75, 3.05) is 26.2 Å². The van der Waals surface area contributed by atoms with Gasteiger partial charge >= 0.3 is 0 Å². The SMILES string of the molecule is FC1CCN(C2CCCNC2)CC1. The van der Waals surface area contributed by atoms with E-state index in [1.807, 2.05) is 0 Å². The summed E-state index contributed by atoms with van der Waals surface area (Å²) >= 11 is 0. The first-order valence-electron chi connectivity index (χ1n) is 5.45. The third-order valence-electron chi connectivity index (χ3n) is 3.25. The lowest BCUT2D eigenvalue weighted by Gasteiger charge is -2.37. The van der Waals surface area contributed by atoms with Gasteiger partial charge in [-0.3, -0.25) is 4.90 Å². The van der Waals surface area contributed by atoms with E-state index in [4.69, 9.17) is 0 Å². The molecule has 1 atom stereocenters. The molecule has 2 saturated heterocycles. The molecule has 0 spiro atoms. The second kappa shape index (κ2) is 4.38. The molecule has 2 rings (SSSR count). The van der Waals surface area contributed by atoms with Crippen LogP contribution in [0, 0.1) is 0 Å². The van der Waals surface area contributed by atoms with Gasteiger partial charge in [-0.1, -0.05) is 0 Å². The molecular formula is C10H19FN2. The molecule has 2 nitrogen and oxygen atoms in total. The molecule has 0 bridgehead atoms.